The third-order valence-corrected chi connectivity index (χ3v) is 7.65. The molecule has 5 nitrogen and oxygen atoms in total. The van der Waals surface area contributed by atoms with Gasteiger partial charge in [-0.15, -0.1) is 11.3 Å². The van der Waals surface area contributed by atoms with Gasteiger partial charge in [-0.25, -0.2) is 4.98 Å². The molecule has 3 heterocycles. The summed E-state index contributed by atoms with van der Waals surface area (Å²) < 4.78 is 1.76. The molecule has 0 saturated carbocycles. The maximum atomic E-state index is 13.3. The third-order valence-electron chi connectivity index (χ3n) is 5.52. The third kappa shape index (κ3) is 4.78. The number of aromatic nitrogens is 2. The van der Waals surface area contributed by atoms with Crippen molar-refractivity contribution in [2.45, 2.75) is 50.7 Å². The maximum Gasteiger partial charge on any atom is 0.262 e. The molecule has 1 fully saturated rings. The molecular weight excluding hydrogens is 414 g/mol. The number of fused-ring (bicyclic) bond motifs is 1. The Morgan fingerprint density at radius 3 is 2.67 bits per heavy atom. The number of piperidine rings is 1. The van der Waals surface area contributed by atoms with Gasteiger partial charge in [-0.05, 0) is 43.7 Å². The van der Waals surface area contributed by atoms with Crippen LogP contribution in [0.1, 0.15) is 36.6 Å². The summed E-state index contributed by atoms with van der Waals surface area (Å²) in [6, 6.07) is 12.1. The van der Waals surface area contributed by atoms with Gasteiger partial charge in [0.15, 0.2) is 5.16 Å². The zero-order valence-electron chi connectivity index (χ0n) is 17.3. The van der Waals surface area contributed by atoms with Crippen molar-refractivity contribution in [2.24, 2.45) is 0 Å². The number of benzene rings is 1. The highest BCUT2D eigenvalue weighted by Crippen LogP contribution is 2.26. The van der Waals surface area contributed by atoms with Crippen molar-refractivity contribution in [3.63, 3.8) is 0 Å². The summed E-state index contributed by atoms with van der Waals surface area (Å²) in [5.41, 5.74) is 1.18. The van der Waals surface area contributed by atoms with E-state index in [9.17, 15) is 9.59 Å². The predicted octanol–water partition coefficient (Wildman–Crippen LogP) is 4.37. The van der Waals surface area contributed by atoms with E-state index >= 15 is 0 Å². The van der Waals surface area contributed by atoms with E-state index in [1.165, 1.54) is 23.7 Å². The molecule has 1 aromatic carbocycles. The first kappa shape index (κ1) is 21.1. The Kier molecular flexibility index (Phi) is 6.89. The Balaban J connectivity index is 1.59. The summed E-state index contributed by atoms with van der Waals surface area (Å²) in [6.45, 7) is 4.34. The second kappa shape index (κ2) is 9.79. The van der Waals surface area contributed by atoms with Crippen LogP contribution in [0.4, 0.5) is 0 Å². The highest BCUT2D eigenvalue weighted by Gasteiger charge is 2.19. The maximum absolute atomic E-state index is 13.3. The first-order chi connectivity index (χ1) is 14.7. The molecule has 30 heavy (non-hydrogen) atoms. The smallest absolute Gasteiger partial charge is 0.262 e. The number of hydrogen-bond donors (Lipinski definition) is 0. The Morgan fingerprint density at radius 2 is 1.93 bits per heavy atom. The van der Waals surface area contributed by atoms with Gasteiger partial charge in [0, 0.05) is 24.5 Å². The van der Waals surface area contributed by atoms with Crippen LogP contribution in [0.3, 0.4) is 0 Å². The predicted molar refractivity (Wildman–Crippen MR) is 125 cm³/mol. The van der Waals surface area contributed by atoms with E-state index in [0.717, 1.165) is 48.5 Å². The molecule has 0 aliphatic carbocycles. The summed E-state index contributed by atoms with van der Waals surface area (Å²) in [5, 5.41) is 1.34. The largest absolute Gasteiger partial charge is 0.342 e. The molecule has 0 atom stereocenters. The van der Waals surface area contributed by atoms with E-state index in [-0.39, 0.29) is 11.5 Å². The summed E-state index contributed by atoms with van der Waals surface area (Å²) in [6.07, 6.45) is 5.01. The van der Waals surface area contributed by atoms with E-state index in [4.69, 9.17) is 4.98 Å². The summed E-state index contributed by atoms with van der Waals surface area (Å²) in [7, 11) is 0. The first-order valence-corrected chi connectivity index (χ1v) is 12.4. The van der Waals surface area contributed by atoms with Crippen LogP contribution in [-0.4, -0.2) is 39.2 Å². The molecule has 0 spiro atoms. The van der Waals surface area contributed by atoms with Gasteiger partial charge in [0.05, 0.1) is 11.1 Å². The SMILES string of the molecule is CCc1cc2c(=O)n(CCc3ccccc3)c(SCC(=O)N3CCCCC3)nc2s1. The van der Waals surface area contributed by atoms with Crippen LogP contribution in [0.25, 0.3) is 10.2 Å². The van der Waals surface area contributed by atoms with E-state index in [1.54, 1.807) is 15.9 Å². The van der Waals surface area contributed by atoms with Crippen molar-refractivity contribution < 1.29 is 4.79 Å². The van der Waals surface area contributed by atoms with Gasteiger partial charge in [0.25, 0.3) is 5.56 Å². The highest BCUT2D eigenvalue weighted by atomic mass is 32.2. The van der Waals surface area contributed by atoms with Crippen LogP contribution in [0, 0.1) is 0 Å². The van der Waals surface area contributed by atoms with Crippen LogP contribution in [-0.2, 0) is 24.2 Å². The van der Waals surface area contributed by atoms with Crippen LogP contribution >= 0.6 is 23.1 Å². The quantitative estimate of drug-likeness (QED) is 0.404. The number of carbonyl (C=O) groups is 1. The molecule has 3 aromatic rings. The van der Waals surface area contributed by atoms with Gasteiger partial charge < -0.3 is 4.90 Å². The van der Waals surface area contributed by atoms with Crippen molar-refractivity contribution >= 4 is 39.2 Å². The van der Waals surface area contributed by atoms with Crippen molar-refractivity contribution in [3.05, 3.63) is 57.2 Å². The molecule has 0 radical (unpaired) electrons. The number of amides is 1. The van der Waals surface area contributed by atoms with Gasteiger partial charge in [-0.1, -0.05) is 49.0 Å². The molecule has 1 aliphatic rings. The lowest BCUT2D eigenvalue weighted by molar-refractivity contribution is -0.129. The van der Waals surface area contributed by atoms with E-state index in [1.807, 2.05) is 29.2 Å². The Labute approximate surface area is 185 Å². The van der Waals surface area contributed by atoms with Gasteiger partial charge in [-0.2, -0.15) is 0 Å². The molecule has 4 rings (SSSR count). The van der Waals surface area contributed by atoms with Crippen LogP contribution in [0.15, 0.2) is 46.3 Å². The summed E-state index contributed by atoms with van der Waals surface area (Å²) in [4.78, 5) is 34.6. The van der Waals surface area contributed by atoms with Crippen molar-refractivity contribution in [1.82, 2.24) is 14.5 Å². The monoisotopic (exact) mass is 441 g/mol. The minimum atomic E-state index is -0.000183. The molecule has 7 heteroatoms. The zero-order chi connectivity index (χ0) is 20.9. The van der Waals surface area contributed by atoms with Crippen LogP contribution < -0.4 is 5.56 Å². The van der Waals surface area contributed by atoms with Gasteiger partial charge >= 0.3 is 0 Å². The molecule has 0 N–H and O–H groups in total. The number of carbonyl (C=O) groups excluding carboxylic acids is 1. The standard InChI is InChI=1S/C23H27N3O2S2/c1-2-18-15-19-21(30-18)24-23(29-16-20(27)25-12-7-4-8-13-25)26(22(19)28)14-11-17-9-5-3-6-10-17/h3,5-6,9-10,15H,2,4,7-8,11-14,16H2,1H3. The second-order valence-corrected chi connectivity index (χ2v) is 9.66. The fraction of sp³-hybridized carbons (Fsp3) is 0.435. The highest BCUT2D eigenvalue weighted by molar-refractivity contribution is 7.99. The van der Waals surface area contributed by atoms with Gasteiger partial charge in [-0.3, -0.25) is 14.2 Å². The normalized spacial score (nSPS) is 14.4. The summed E-state index contributed by atoms with van der Waals surface area (Å²) >= 11 is 2.98. The van der Waals surface area contributed by atoms with E-state index in [0.29, 0.717) is 22.8 Å². The fourth-order valence-corrected chi connectivity index (χ4v) is 5.71. The topological polar surface area (TPSA) is 55.2 Å². The van der Waals surface area contributed by atoms with Crippen molar-refractivity contribution in [2.75, 3.05) is 18.8 Å². The van der Waals surface area contributed by atoms with Gasteiger partial charge in [0.2, 0.25) is 5.91 Å². The van der Waals surface area contributed by atoms with Crippen LogP contribution in [0.5, 0.6) is 0 Å². The zero-order valence-corrected chi connectivity index (χ0v) is 18.9. The van der Waals surface area contributed by atoms with E-state index < -0.39 is 0 Å². The number of thiophene rings is 1. The number of thioether (sulfide) groups is 1. The average molecular weight is 442 g/mol. The van der Waals surface area contributed by atoms with Gasteiger partial charge in [0.1, 0.15) is 4.83 Å². The second-order valence-electron chi connectivity index (χ2n) is 7.60. The molecule has 158 valence electrons. The molecular formula is C23H27N3O2S2. The molecule has 1 amide bonds. The average Bonchev–Trinajstić information content (AvgIpc) is 3.22. The lowest BCUT2D eigenvalue weighted by atomic mass is 10.1. The molecule has 0 bridgehead atoms. The molecule has 2 aromatic heterocycles. The van der Waals surface area contributed by atoms with Crippen molar-refractivity contribution in [3.8, 4) is 0 Å². The minimum Gasteiger partial charge on any atom is -0.342 e. The Morgan fingerprint density at radius 1 is 1.17 bits per heavy atom. The number of aryl methyl sites for hydroxylation is 2. The lowest BCUT2D eigenvalue weighted by Crippen LogP contribution is -2.37. The fourth-order valence-electron chi connectivity index (χ4n) is 3.78. The molecule has 1 aliphatic heterocycles. The van der Waals surface area contributed by atoms with Crippen LogP contribution in [0.2, 0.25) is 0 Å². The lowest BCUT2D eigenvalue weighted by Gasteiger charge is -2.26. The Bertz CT molecular complexity index is 1070. The van der Waals surface area contributed by atoms with Crippen molar-refractivity contribution in [1.29, 1.82) is 0 Å². The molecule has 0 unspecified atom stereocenters. The Hall–Kier alpha value is -2.12. The summed E-state index contributed by atoms with van der Waals surface area (Å²) in [5.74, 6) is 0.471. The minimum absolute atomic E-state index is 0.000183. The number of nitrogens with zero attached hydrogens (tertiary/aromatic N) is 3. The molecule has 1 saturated heterocycles. The number of hydrogen-bond acceptors (Lipinski definition) is 5. The number of likely N-dealkylation sites (tertiary alicyclic amines) is 1. The first-order valence-electron chi connectivity index (χ1n) is 10.6. The number of rotatable bonds is 7. The van der Waals surface area contributed by atoms with E-state index in [2.05, 4.69) is 19.1 Å².